The second-order valence-electron chi connectivity index (χ2n) is 36.5. The summed E-state index contributed by atoms with van der Waals surface area (Å²) in [5.41, 5.74) is 38.7. The molecule has 0 radical (unpaired) electrons. The highest BCUT2D eigenvalue weighted by atomic mass is 14.9. The van der Waals surface area contributed by atoms with Gasteiger partial charge in [0, 0.05) is 99.7 Å². The van der Waals surface area contributed by atoms with Crippen LogP contribution in [-0.4, -0.2) is 0 Å². The van der Waals surface area contributed by atoms with Gasteiger partial charge in [0.25, 0.3) is 0 Å². The van der Waals surface area contributed by atoms with Crippen LogP contribution in [0.2, 0.25) is 0 Å². The summed E-state index contributed by atoms with van der Waals surface area (Å²) in [6.45, 7) is 36.0. The summed E-state index contributed by atoms with van der Waals surface area (Å²) < 4.78 is 94.5. The quantitative estimate of drug-likeness (QED) is 0.0859. The first kappa shape index (κ1) is 79.8. The molecule has 0 unspecified atom stereocenters. The molecule has 1 aliphatic carbocycles. The fourth-order valence-corrected chi connectivity index (χ4v) is 17.2. The topological polar surface area (TPSA) is 19.4 Å². The summed E-state index contributed by atoms with van der Waals surface area (Å²) in [5, 5.41) is 0. The highest BCUT2D eigenvalue weighted by molar-refractivity contribution is 5.79. The standard InChI is InChI=1S/C25H28N.C25H30N.2C24H28N.C23H26N/c1-18-13-14-22(20-9-5-4-6-10-20)16-23(18)25-15-19(2)24(17-26(25)3)21-11-7-8-12-21;1-18-12-13-21(20-10-8-7-9-11-20)15-23(18)24-14-19(2)22(17-26(24)6)16-25(3,4)5;1-16(2)23-15-25(6)24(13-19(23)5)22-14-21(17(3)12-18(22)4)20-10-8-7-9-11-20;1-17(2)13-22-16-25(5)24(14-19(22)4)23-15-21(12-11-18(23)3)20-9-7-6-8-10-20;1-16(2)22-15-24(5)23(13-18(22)4)21-14-20(12-11-17(21)3)19-9-7-6-8-10-19/h4-6,9-10,13-17,21H,7-8,11-12H2,1-3H3;7-15,17H,16H2,1-6H3;7-16H,1-6H3;6-12,14-17H,13H2,1-5H3;6-16H,1-5H3/q5*+1/i21D;16D2;3D3,16D;13D2;16D. The largest absolute Gasteiger partial charge is 0.212 e. The van der Waals surface area contributed by atoms with E-state index in [2.05, 4.69) is 293 Å². The second-order valence-corrected chi connectivity index (χ2v) is 36.5. The molecule has 1 aliphatic rings. The van der Waals surface area contributed by atoms with Crippen molar-refractivity contribution in [2.24, 2.45) is 46.6 Å². The van der Waals surface area contributed by atoms with E-state index in [9.17, 15) is 0 Å². The summed E-state index contributed by atoms with van der Waals surface area (Å²) in [7, 11) is 10.2. The highest BCUT2D eigenvalue weighted by Crippen LogP contribution is 2.40. The number of benzene rings is 10. The van der Waals surface area contributed by atoms with Gasteiger partial charge >= 0.3 is 0 Å². The smallest absolute Gasteiger partial charge is 0.201 e. The Hall–Kier alpha value is -12.1. The van der Waals surface area contributed by atoms with Crippen molar-refractivity contribution in [3.8, 4) is 112 Å². The molecule has 0 saturated heterocycles. The van der Waals surface area contributed by atoms with Crippen LogP contribution in [0.15, 0.2) is 298 Å². The minimum absolute atomic E-state index is 0.0785. The zero-order valence-corrected chi connectivity index (χ0v) is 79.4. The Bertz CT molecular complexity index is 6630. The van der Waals surface area contributed by atoms with Crippen LogP contribution in [0.3, 0.4) is 0 Å². The molecule has 5 heterocycles. The lowest BCUT2D eigenvalue weighted by Crippen LogP contribution is -2.32. The number of pyridine rings is 5. The Morgan fingerprint density at radius 3 is 0.944 bits per heavy atom. The van der Waals surface area contributed by atoms with E-state index >= 15 is 0 Å². The molecule has 0 N–H and O–H groups in total. The maximum atomic E-state index is 8.91. The number of aryl methyl sites for hydroxylation is 16. The molecule has 15 aromatic rings. The van der Waals surface area contributed by atoms with Crippen molar-refractivity contribution in [3.05, 3.63) is 387 Å². The zero-order valence-electron chi connectivity index (χ0n) is 89.4. The molecule has 16 rings (SSSR count). The maximum Gasteiger partial charge on any atom is 0.212 e. The first-order valence-electron chi connectivity index (χ1n) is 49.8. The van der Waals surface area contributed by atoms with Crippen molar-refractivity contribution >= 4 is 0 Å². The first-order chi connectivity index (χ1) is 63.9. The van der Waals surface area contributed by atoms with Crippen molar-refractivity contribution in [2.75, 3.05) is 0 Å². The predicted octanol–water partition coefficient (Wildman–Crippen LogP) is 29.3. The van der Waals surface area contributed by atoms with Crippen LogP contribution in [0.4, 0.5) is 0 Å². The third-order valence-corrected chi connectivity index (χ3v) is 24.2. The Labute approximate surface area is 772 Å². The van der Waals surface area contributed by atoms with E-state index in [1.54, 1.807) is 6.07 Å². The van der Waals surface area contributed by atoms with E-state index in [0.717, 1.165) is 96.7 Å². The molecule has 5 heteroatoms. The highest BCUT2D eigenvalue weighted by Gasteiger charge is 2.27. The molecule has 1 saturated carbocycles. The van der Waals surface area contributed by atoms with Crippen LogP contribution in [0.5, 0.6) is 0 Å². The van der Waals surface area contributed by atoms with Gasteiger partial charge < -0.3 is 0 Å². The molecule has 644 valence electrons. The number of nitrogens with zero attached hydrogens (tertiary/aromatic N) is 5. The third kappa shape index (κ3) is 23.2. The van der Waals surface area contributed by atoms with E-state index in [1.807, 2.05) is 189 Å². The lowest BCUT2D eigenvalue weighted by molar-refractivity contribution is -0.661. The van der Waals surface area contributed by atoms with Gasteiger partial charge in [-0.3, -0.25) is 0 Å². The number of aromatic nitrogens is 5. The fraction of sp³-hybridized carbons (Fsp3) is 0.298. The Morgan fingerprint density at radius 1 is 0.310 bits per heavy atom. The average Bonchev–Trinajstić information content (AvgIpc) is 0.974. The SMILES string of the molecule is [2H]C(C)(C)c1c[n+](C)c(-c2cc(-c3ccccc3)ccc2C)cc1C.[2H]C([2H])([2H])c1cc(C)c(-c2cc(C)c(C([2H])(C)C)c[n+]2C)cc1-c1ccccc1.[2H]C([2H])(c1c[n+](C)c(-c2cc(-c3ccccc3)ccc2C)cc1C)C(C)(C)C.[2H]C([2H])(c1c[n+](C)c(-c2cc(-c3ccccc3)ccc2C)cc1C)C(C)C.[2H]C1(c2c[n+](C)c(-c3cc(-c4ccccc4)ccc3C)cc2C)CCCC1. The molecule has 1 fully saturated rings. The van der Waals surface area contributed by atoms with Crippen LogP contribution in [0.1, 0.15) is 208 Å². The summed E-state index contributed by atoms with van der Waals surface area (Å²) in [6, 6.07) is 92.6. The van der Waals surface area contributed by atoms with Gasteiger partial charge in [0.2, 0.25) is 28.5 Å². The summed E-state index contributed by atoms with van der Waals surface area (Å²) >= 11 is 0. The van der Waals surface area contributed by atoms with Gasteiger partial charge in [-0.1, -0.05) is 281 Å². The van der Waals surface area contributed by atoms with Crippen molar-refractivity contribution in [1.29, 1.82) is 0 Å². The van der Waals surface area contributed by atoms with E-state index in [4.69, 9.17) is 13.7 Å². The fourth-order valence-electron chi connectivity index (χ4n) is 17.2. The van der Waals surface area contributed by atoms with Gasteiger partial charge in [-0.05, 0) is 278 Å². The number of rotatable bonds is 16. The number of hydrogen-bond acceptors (Lipinski definition) is 0. The van der Waals surface area contributed by atoms with Crippen LogP contribution in [-0.2, 0) is 48.0 Å². The van der Waals surface area contributed by atoms with Gasteiger partial charge in [0.05, 0.1) is 0 Å². The van der Waals surface area contributed by atoms with Gasteiger partial charge in [0.15, 0.2) is 31.0 Å². The lowest BCUT2D eigenvalue weighted by atomic mass is 9.86. The molecule has 126 heavy (non-hydrogen) atoms. The lowest BCUT2D eigenvalue weighted by Gasteiger charge is -2.19. The molecule has 0 amide bonds. The van der Waals surface area contributed by atoms with E-state index in [1.165, 1.54) is 124 Å². The minimum Gasteiger partial charge on any atom is -0.201 e. The average molecular weight is 1670 g/mol. The van der Waals surface area contributed by atoms with Crippen LogP contribution < -0.4 is 22.8 Å². The Morgan fingerprint density at radius 2 is 0.611 bits per heavy atom. The Balaban J connectivity index is 0.000000153. The van der Waals surface area contributed by atoms with Crippen molar-refractivity contribution < 1.29 is 36.5 Å². The van der Waals surface area contributed by atoms with E-state index in [0.29, 0.717) is 5.56 Å². The van der Waals surface area contributed by atoms with Crippen molar-refractivity contribution in [2.45, 2.75) is 195 Å². The van der Waals surface area contributed by atoms with Gasteiger partial charge in [-0.15, -0.1) is 0 Å². The minimum atomic E-state index is -2.19. The summed E-state index contributed by atoms with van der Waals surface area (Å²) in [6.07, 6.45) is 11.8. The predicted molar refractivity (Wildman–Crippen MR) is 536 cm³/mol. The van der Waals surface area contributed by atoms with E-state index in [-0.39, 0.29) is 5.92 Å². The molecule has 0 spiro atoms. The molecule has 5 nitrogen and oxygen atoms in total. The van der Waals surface area contributed by atoms with Crippen molar-refractivity contribution in [1.82, 2.24) is 0 Å². The molecule has 5 aromatic heterocycles. The molecule has 0 atom stereocenters. The zero-order chi connectivity index (χ0) is 99.2. The van der Waals surface area contributed by atoms with Gasteiger partial charge in [0.1, 0.15) is 35.2 Å². The maximum absolute atomic E-state index is 8.91. The van der Waals surface area contributed by atoms with Gasteiger partial charge in [-0.25, -0.2) is 22.8 Å². The van der Waals surface area contributed by atoms with Crippen molar-refractivity contribution in [3.63, 3.8) is 0 Å². The molecule has 10 aromatic carbocycles. The third-order valence-electron chi connectivity index (χ3n) is 24.2. The Kier molecular flexibility index (Phi) is 26.5. The first-order valence-corrected chi connectivity index (χ1v) is 44.8. The van der Waals surface area contributed by atoms with Gasteiger partial charge in [-0.2, -0.15) is 0 Å². The number of hydrogen-bond donors (Lipinski definition) is 0. The molecular formula is C121H140N5+5. The van der Waals surface area contributed by atoms with Crippen LogP contribution >= 0.6 is 0 Å². The second kappa shape index (κ2) is 41.8. The summed E-state index contributed by atoms with van der Waals surface area (Å²) in [4.78, 5) is 0. The monoisotopic (exact) mass is 1670 g/mol. The van der Waals surface area contributed by atoms with Crippen LogP contribution in [0, 0.1) is 87.4 Å². The van der Waals surface area contributed by atoms with E-state index < -0.39 is 42.7 Å². The van der Waals surface area contributed by atoms with Crippen LogP contribution in [0.25, 0.3) is 112 Å². The normalized spacial score (nSPS) is 13.9. The molecule has 0 bridgehead atoms. The summed E-state index contributed by atoms with van der Waals surface area (Å²) in [5.74, 6) is -1.76. The molecule has 0 aliphatic heterocycles. The molecular weight excluding hydrogens is 1520 g/mol.